The van der Waals surface area contributed by atoms with Gasteiger partial charge in [0.25, 0.3) is 5.56 Å². The molecule has 0 saturated heterocycles. The Bertz CT molecular complexity index is 1040. The van der Waals surface area contributed by atoms with Crippen molar-refractivity contribution in [2.75, 3.05) is 12.4 Å². The third kappa shape index (κ3) is 2.41. The molecule has 2 aromatic heterocycles. The van der Waals surface area contributed by atoms with Crippen molar-refractivity contribution in [2.45, 2.75) is 18.9 Å². The molecule has 0 spiro atoms. The predicted molar refractivity (Wildman–Crippen MR) is 89.0 cm³/mol. The number of aromatic nitrogens is 4. The number of anilines is 1. The number of H-pyrrole nitrogens is 1. The summed E-state index contributed by atoms with van der Waals surface area (Å²) in [6.45, 7) is 0. The molecule has 8 heteroatoms. The third-order valence-electron chi connectivity index (χ3n) is 3.89. The Balaban J connectivity index is 1.91. The van der Waals surface area contributed by atoms with Gasteiger partial charge in [-0.15, -0.1) is 0 Å². The van der Waals surface area contributed by atoms with Crippen LogP contribution in [0, 0.1) is 0 Å². The number of nitrogens with zero attached hydrogens (tertiary/aromatic N) is 3. The quantitative estimate of drug-likeness (QED) is 0.743. The van der Waals surface area contributed by atoms with Crippen molar-refractivity contribution in [1.82, 2.24) is 19.5 Å². The zero-order valence-electron chi connectivity index (χ0n) is 12.9. The Hall–Kier alpha value is -3.16. The minimum absolute atomic E-state index is 0.217. The summed E-state index contributed by atoms with van der Waals surface area (Å²) in [5, 5.41) is 3.38. The van der Waals surface area contributed by atoms with Crippen molar-refractivity contribution in [1.29, 1.82) is 0 Å². The van der Waals surface area contributed by atoms with Crippen molar-refractivity contribution < 1.29 is 4.74 Å². The van der Waals surface area contributed by atoms with E-state index in [1.165, 1.54) is 13.3 Å². The maximum atomic E-state index is 12.8. The summed E-state index contributed by atoms with van der Waals surface area (Å²) in [4.78, 5) is 36.2. The van der Waals surface area contributed by atoms with Gasteiger partial charge in [0.2, 0.25) is 5.95 Å². The highest BCUT2D eigenvalue weighted by molar-refractivity contribution is 5.74. The van der Waals surface area contributed by atoms with Gasteiger partial charge in [-0.25, -0.2) is 14.3 Å². The van der Waals surface area contributed by atoms with Gasteiger partial charge in [0.05, 0.1) is 12.8 Å². The number of rotatable bonds is 4. The molecule has 0 unspecified atom stereocenters. The maximum Gasteiger partial charge on any atom is 0.334 e. The van der Waals surface area contributed by atoms with E-state index in [2.05, 4.69) is 20.3 Å². The standard InChI is InChI=1S/C16H15N5O3/c1-24-12-5-3-2-4-11(12)21-14(22)10-8-17-15(18-9-6-7-9)19-13(10)20-16(21)23/h2-5,8-9H,6-7H2,1H3,(H2,17,18,19,20,23). The first kappa shape index (κ1) is 14.4. The fraction of sp³-hybridized carbons (Fsp3) is 0.250. The highest BCUT2D eigenvalue weighted by Crippen LogP contribution is 2.23. The van der Waals surface area contributed by atoms with Crippen LogP contribution in [0.2, 0.25) is 0 Å². The summed E-state index contributed by atoms with van der Waals surface area (Å²) in [5.41, 5.74) is -0.480. The van der Waals surface area contributed by atoms with E-state index in [4.69, 9.17) is 4.74 Å². The number of methoxy groups -OCH3 is 1. The second-order valence-electron chi connectivity index (χ2n) is 5.62. The SMILES string of the molecule is COc1ccccc1-n1c(=O)[nH]c2nc(NC3CC3)ncc2c1=O. The Labute approximate surface area is 136 Å². The Morgan fingerprint density at radius 1 is 1.29 bits per heavy atom. The first-order valence-electron chi connectivity index (χ1n) is 7.59. The normalized spacial score (nSPS) is 13.9. The van der Waals surface area contributed by atoms with E-state index in [0.717, 1.165) is 17.4 Å². The third-order valence-corrected chi connectivity index (χ3v) is 3.89. The van der Waals surface area contributed by atoms with E-state index in [-0.39, 0.29) is 11.0 Å². The van der Waals surface area contributed by atoms with Crippen molar-refractivity contribution in [3.8, 4) is 11.4 Å². The number of hydrogen-bond donors (Lipinski definition) is 2. The second-order valence-corrected chi connectivity index (χ2v) is 5.62. The van der Waals surface area contributed by atoms with Gasteiger partial charge in [0, 0.05) is 12.2 Å². The summed E-state index contributed by atoms with van der Waals surface area (Å²) >= 11 is 0. The molecule has 1 aliphatic rings. The molecule has 2 N–H and O–H groups in total. The lowest BCUT2D eigenvalue weighted by atomic mass is 10.3. The molecule has 4 rings (SSSR count). The zero-order chi connectivity index (χ0) is 16.7. The number of fused-ring (bicyclic) bond motifs is 1. The maximum absolute atomic E-state index is 12.8. The van der Waals surface area contributed by atoms with Crippen molar-refractivity contribution >= 4 is 17.0 Å². The van der Waals surface area contributed by atoms with Crippen LogP contribution in [0.1, 0.15) is 12.8 Å². The predicted octanol–water partition coefficient (Wildman–Crippen LogP) is 1.05. The van der Waals surface area contributed by atoms with Crippen LogP contribution in [-0.4, -0.2) is 32.7 Å². The molecule has 122 valence electrons. The molecule has 8 nitrogen and oxygen atoms in total. The Morgan fingerprint density at radius 2 is 2.08 bits per heavy atom. The summed E-state index contributed by atoms with van der Waals surface area (Å²) < 4.78 is 6.26. The fourth-order valence-corrected chi connectivity index (χ4v) is 2.52. The number of aromatic amines is 1. The molecule has 0 radical (unpaired) electrons. The molecule has 1 saturated carbocycles. The lowest BCUT2D eigenvalue weighted by Crippen LogP contribution is -2.34. The molecule has 24 heavy (non-hydrogen) atoms. The zero-order valence-corrected chi connectivity index (χ0v) is 12.9. The van der Waals surface area contributed by atoms with E-state index in [0.29, 0.717) is 23.4 Å². The molecule has 1 aromatic carbocycles. The monoisotopic (exact) mass is 325 g/mol. The smallest absolute Gasteiger partial charge is 0.334 e. The first-order chi connectivity index (χ1) is 11.7. The summed E-state index contributed by atoms with van der Waals surface area (Å²) in [5.74, 6) is 0.840. The van der Waals surface area contributed by atoms with Crippen LogP contribution in [0.3, 0.4) is 0 Å². The highest BCUT2D eigenvalue weighted by atomic mass is 16.5. The summed E-state index contributed by atoms with van der Waals surface area (Å²) in [6.07, 6.45) is 3.58. The number of para-hydroxylation sites is 2. The average molecular weight is 325 g/mol. The Kier molecular flexibility index (Phi) is 3.30. The van der Waals surface area contributed by atoms with Crippen LogP contribution < -0.4 is 21.3 Å². The topological polar surface area (TPSA) is 102 Å². The molecular weight excluding hydrogens is 310 g/mol. The molecule has 0 bridgehead atoms. The molecule has 1 aliphatic carbocycles. The lowest BCUT2D eigenvalue weighted by Gasteiger charge is -2.10. The summed E-state index contributed by atoms with van der Waals surface area (Å²) in [6, 6.07) is 7.20. The van der Waals surface area contributed by atoms with Gasteiger partial charge in [0.1, 0.15) is 11.1 Å². The van der Waals surface area contributed by atoms with E-state index in [1.807, 2.05) is 0 Å². The van der Waals surface area contributed by atoms with Crippen LogP contribution in [0.15, 0.2) is 40.1 Å². The molecular formula is C16H15N5O3. The van der Waals surface area contributed by atoms with E-state index in [1.54, 1.807) is 24.3 Å². The van der Waals surface area contributed by atoms with E-state index in [9.17, 15) is 9.59 Å². The van der Waals surface area contributed by atoms with E-state index < -0.39 is 11.2 Å². The molecule has 1 fully saturated rings. The van der Waals surface area contributed by atoms with Gasteiger partial charge in [-0.05, 0) is 25.0 Å². The fourth-order valence-electron chi connectivity index (χ4n) is 2.52. The minimum atomic E-state index is -0.576. The second kappa shape index (κ2) is 5.48. The van der Waals surface area contributed by atoms with Gasteiger partial charge >= 0.3 is 5.69 Å². The largest absolute Gasteiger partial charge is 0.495 e. The molecule has 3 aromatic rings. The number of nitrogens with one attached hydrogen (secondary N) is 2. The Morgan fingerprint density at radius 3 is 2.83 bits per heavy atom. The van der Waals surface area contributed by atoms with Gasteiger partial charge in [-0.2, -0.15) is 4.98 Å². The van der Waals surface area contributed by atoms with Gasteiger partial charge in [-0.1, -0.05) is 12.1 Å². The first-order valence-corrected chi connectivity index (χ1v) is 7.59. The van der Waals surface area contributed by atoms with Crippen molar-refractivity contribution in [2.24, 2.45) is 0 Å². The van der Waals surface area contributed by atoms with Crippen molar-refractivity contribution in [3.63, 3.8) is 0 Å². The molecule has 2 heterocycles. The van der Waals surface area contributed by atoms with E-state index >= 15 is 0 Å². The van der Waals surface area contributed by atoms with Gasteiger partial charge in [0.15, 0.2) is 5.65 Å². The van der Waals surface area contributed by atoms with Crippen molar-refractivity contribution in [3.05, 3.63) is 51.3 Å². The van der Waals surface area contributed by atoms with Crippen LogP contribution in [0.25, 0.3) is 16.7 Å². The van der Waals surface area contributed by atoms with Crippen LogP contribution >= 0.6 is 0 Å². The van der Waals surface area contributed by atoms with Crippen LogP contribution in [-0.2, 0) is 0 Å². The van der Waals surface area contributed by atoms with Crippen LogP contribution in [0.4, 0.5) is 5.95 Å². The lowest BCUT2D eigenvalue weighted by molar-refractivity contribution is 0.412. The number of hydrogen-bond acceptors (Lipinski definition) is 6. The number of benzene rings is 1. The van der Waals surface area contributed by atoms with Gasteiger partial charge in [-0.3, -0.25) is 9.78 Å². The summed E-state index contributed by atoms with van der Waals surface area (Å²) in [7, 11) is 1.48. The molecule has 0 amide bonds. The van der Waals surface area contributed by atoms with Gasteiger partial charge < -0.3 is 10.1 Å². The average Bonchev–Trinajstić information content (AvgIpc) is 3.39. The number of ether oxygens (including phenoxy) is 1. The molecule has 0 aliphatic heterocycles. The highest BCUT2D eigenvalue weighted by Gasteiger charge is 2.22. The van der Waals surface area contributed by atoms with Crippen LogP contribution in [0.5, 0.6) is 5.75 Å². The minimum Gasteiger partial charge on any atom is -0.495 e. The molecule has 0 atom stereocenters.